The molecule has 0 aliphatic rings. The fourth-order valence-corrected chi connectivity index (χ4v) is 3.18. The molecule has 3 aromatic carbocycles. The molecule has 3 rings (SSSR count). The molecule has 0 heterocycles. The molecule has 0 unspecified atom stereocenters. The number of amides is 2. The molecule has 0 saturated heterocycles. The molecule has 0 atom stereocenters. The van der Waals surface area contributed by atoms with E-state index in [4.69, 9.17) is 32.7 Å². The standard InChI is InChI=1S/C24H19Cl2N3O5/c1-2-33-21-12-15(14-27-29-23(31)22(30)28-17-6-4-3-5-7-17)8-11-20(21)34-24(32)18-10-9-16(25)13-19(18)26/h3-14H,2H2,1H3,(H,28,30)(H,29,31). The van der Waals surface area contributed by atoms with E-state index in [0.29, 0.717) is 22.9 Å². The second-order valence-corrected chi connectivity index (χ2v) is 7.52. The Hall–Kier alpha value is -3.88. The normalized spacial score (nSPS) is 10.6. The van der Waals surface area contributed by atoms with E-state index in [1.54, 1.807) is 49.4 Å². The zero-order chi connectivity index (χ0) is 24.5. The number of carbonyl (C=O) groups excluding carboxylic acids is 3. The molecular weight excluding hydrogens is 481 g/mol. The Morgan fingerprint density at radius 2 is 1.71 bits per heavy atom. The summed E-state index contributed by atoms with van der Waals surface area (Å²) in [5.74, 6) is -2.03. The van der Waals surface area contributed by atoms with Crippen LogP contribution in [0.3, 0.4) is 0 Å². The molecule has 0 aliphatic carbocycles. The van der Waals surface area contributed by atoms with E-state index in [1.165, 1.54) is 30.5 Å². The van der Waals surface area contributed by atoms with E-state index in [1.807, 2.05) is 0 Å². The zero-order valence-corrected chi connectivity index (χ0v) is 19.4. The van der Waals surface area contributed by atoms with Gasteiger partial charge in [-0.1, -0.05) is 41.4 Å². The van der Waals surface area contributed by atoms with Crippen molar-refractivity contribution in [3.05, 3.63) is 87.9 Å². The third-order valence-electron chi connectivity index (χ3n) is 4.24. The number of halogens is 2. The number of hydrogen-bond donors (Lipinski definition) is 2. The van der Waals surface area contributed by atoms with Crippen LogP contribution in [-0.2, 0) is 9.59 Å². The third-order valence-corrected chi connectivity index (χ3v) is 4.79. The molecule has 0 bridgehead atoms. The Bertz CT molecular complexity index is 1230. The highest BCUT2D eigenvalue weighted by atomic mass is 35.5. The van der Waals surface area contributed by atoms with Crippen LogP contribution in [0.2, 0.25) is 10.0 Å². The molecule has 10 heteroatoms. The van der Waals surface area contributed by atoms with Gasteiger partial charge in [0.1, 0.15) is 0 Å². The molecule has 174 valence electrons. The van der Waals surface area contributed by atoms with Crippen LogP contribution in [0.5, 0.6) is 11.5 Å². The number of para-hydroxylation sites is 1. The summed E-state index contributed by atoms with van der Waals surface area (Å²) in [4.78, 5) is 36.4. The Morgan fingerprint density at radius 1 is 0.941 bits per heavy atom. The van der Waals surface area contributed by atoms with Gasteiger partial charge in [-0.25, -0.2) is 10.2 Å². The summed E-state index contributed by atoms with van der Waals surface area (Å²) in [5.41, 5.74) is 3.31. The molecule has 34 heavy (non-hydrogen) atoms. The Morgan fingerprint density at radius 3 is 2.41 bits per heavy atom. The van der Waals surface area contributed by atoms with Crippen molar-refractivity contribution >= 4 is 52.9 Å². The first-order chi connectivity index (χ1) is 16.4. The van der Waals surface area contributed by atoms with Gasteiger partial charge >= 0.3 is 17.8 Å². The molecule has 2 amide bonds. The fraction of sp³-hybridized carbons (Fsp3) is 0.0833. The smallest absolute Gasteiger partial charge is 0.345 e. The number of esters is 1. The molecule has 2 N–H and O–H groups in total. The lowest BCUT2D eigenvalue weighted by molar-refractivity contribution is -0.136. The molecule has 0 spiro atoms. The van der Waals surface area contributed by atoms with Crippen molar-refractivity contribution < 1.29 is 23.9 Å². The number of hydrogen-bond acceptors (Lipinski definition) is 6. The van der Waals surface area contributed by atoms with Crippen molar-refractivity contribution in [1.29, 1.82) is 0 Å². The monoisotopic (exact) mass is 499 g/mol. The lowest BCUT2D eigenvalue weighted by Crippen LogP contribution is -2.32. The lowest BCUT2D eigenvalue weighted by Gasteiger charge is -2.12. The topological polar surface area (TPSA) is 106 Å². The van der Waals surface area contributed by atoms with Gasteiger partial charge in [0.2, 0.25) is 0 Å². The van der Waals surface area contributed by atoms with E-state index >= 15 is 0 Å². The summed E-state index contributed by atoms with van der Waals surface area (Å²) in [6, 6.07) is 17.7. The Kier molecular flexibility index (Phi) is 8.61. The van der Waals surface area contributed by atoms with Crippen LogP contribution in [0.25, 0.3) is 0 Å². The first-order valence-electron chi connectivity index (χ1n) is 10.0. The van der Waals surface area contributed by atoms with Crippen LogP contribution < -0.4 is 20.2 Å². The van der Waals surface area contributed by atoms with Crippen LogP contribution in [0.15, 0.2) is 71.8 Å². The van der Waals surface area contributed by atoms with Gasteiger partial charge in [0.05, 0.1) is 23.4 Å². The number of nitrogens with one attached hydrogen (secondary N) is 2. The highest BCUT2D eigenvalue weighted by Crippen LogP contribution is 2.30. The van der Waals surface area contributed by atoms with E-state index < -0.39 is 17.8 Å². The molecule has 0 saturated carbocycles. The molecule has 0 fully saturated rings. The molecule has 0 radical (unpaired) electrons. The minimum absolute atomic E-state index is 0.149. The first kappa shape index (κ1) is 24.8. The van der Waals surface area contributed by atoms with Gasteiger partial charge in [-0.3, -0.25) is 9.59 Å². The Labute approximate surface area is 205 Å². The van der Waals surface area contributed by atoms with Crippen LogP contribution in [0, 0.1) is 0 Å². The predicted octanol–water partition coefficient (Wildman–Crippen LogP) is 4.70. The number of hydrazone groups is 1. The van der Waals surface area contributed by atoms with E-state index in [0.717, 1.165) is 0 Å². The summed E-state index contributed by atoms with van der Waals surface area (Å²) in [6.45, 7) is 2.08. The van der Waals surface area contributed by atoms with Gasteiger partial charge in [-0.15, -0.1) is 0 Å². The maximum Gasteiger partial charge on any atom is 0.345 e. The molecule has 3 aromatic rings. The number of carbonyl (C=O) groups is 3. The van der Waals surface area contributed by atoms with Crippen molar-refractivity contribution in [2.45, 2.75) is 6.92 Å². The second kappa shape index (κ2) is 11.8. The summed E-state index contributed by atoms with van der Waals surface area (Å²) in [5, 5.41) is 6.79. The highest BCUT2D eigenvalue weighted by molar-refractivity contribution is 6.39. The summed E-state index contributed by atoms with van der Waals surface area (Å²) < 4.78 is 11.0. The quantitative estimate of drug-likeness (QED) is 0.161. The minimum Gasteiger partial charge on any atom is -0.490 e. The number of benzene rings is 3. The van der Waals surface area contributed by atoms with Crippen molar-refractivity contribution in [3.8, 4) is 11.5 Å². The molecule has 0 aromatic heterocycles. The average molecular weight is 500 g/mol. The first-order valence-corrected chi connectivity index (χ1v) is 10.8. The largest absolute Gasteiger partial charge is 0.490 e. The van der Waals surface area contributed by atoms with Crippen molar-refractivity contribution in [1.82, 2.24) is 5.43 Å². The minimum atomic E-state index is -0.935. The van der Waals surface area contributed by atoms with Crippen LogP contribution in [0.4, 0.5) is 5.69 Å². The van der Waals surface area contributed by atoms with E-state index in [2.05, 4.69) is 15.8 Å². The summed E-state index contributed by atoms with van der Waals surface area (Å²) in [7, 11) is 0. The maximum absolute atomic E-state index is 12.5. The van der Waals surface area contributed by atoms with Crippen molar-refractivity contribution in [2.75, 3.05) is 11.9 Å². The second-order valence-electron chi connectivity index (χ2n) is 6.67. The van der Waals surface area contributed by atoms with Gasteiger partial charge in [0.25, 0.3) is 0 Å². The van der Waals surface area contributed by atoms with Crippen LogP contribution >= 0.6 is 23.2 Å². The molecule has 8 nitrogen and oxygen atoms in total. The van der Waals surface area contributed by atoms with Gasteiger partial charge in [-0.2, -0.15) is 5.10 Å². The summed E-state index contributed by atoms with van der Waals surface area (Å²) >= 11 is 11.9. The fourth-order valence-electron chi connectivity index (χ4n) is 2.69. The molecular formula is C24H19Cl2N3O5. The number of rotatable bonds is 7. The van der Waals surface area contributed by atoms with Crippen LogP contribution in [-0.4, -0.2) is 30.6 Å². The van der Waals surface area contributed by atoms with E-state index in [9.17, 15) is 14.4 Å². The predicted molar refractivity (Wildman–Crippen MR) is 130 cm³/mol. The van der Waals surface area contributed by atoms with Gasteiger partial charge in [-0.05, 0) is 61.0 Å². The number of ether oxygens (including phenoxy) is 2. The summed E-state index contributed by atoms with van der Waals surface area (Å²) in [6.07, 6.45) is 1.32. The SMILES string of the molecule is CCOc1cc(C=NNC(=O)C(=O)Nc2ccccc2)ccc1OC(=O)c1ccc(Cl)cc1Cl. The maximum atomic E-state index is 12.5. The highest BCUT2D eigenvalue weighted by Gasteiger charge is 2.17. The van der Waals surface area contributed by atoms with Crippen LogP contribution in [0.1, 0.15) is 22.8 Å². The van der Waals surface area contributed by atoms with Gasteiger partial charge in [0, 0.05) is 10.7 Å². The average Bonchev–Trinajstić information content (AvgIpc) is 2.81. The van der Waals surface area contributed by atoms with E-state index in [-0.39, 0.29) is 22.1 Å². The van der Waals surface area contributed by atoms with Crippen molar-refractivity contribution in [2.24, 2.45) is 5.10 Å². The number of anilines is 1. The molecule has 0 aliphatic heterocycles. The van der Waals surface area contributed by atoms with Gasteiger partial charge < -0.3 is 14.8 Å². The number of nitrogens with zero attached hydrogens (tertiary/aromatic N) is 1. The Balaban J connectivity index is 1.66. The van der Waals surface area contributed by atoms with Crippen molar-refractivity contribution in [3.63, 3.8) is 0 Å². The third kappa shape index (κ3) is 6.81. The lowest BCUT2D eigenvalue weighted by atomic mass is 10.2. The zero-order valence-electron chi connectivity index (χ0n) is 17.9. The van der Waals surface area contributed by atoms with Gasteiger partial charge in [0.15, 0.2) is 11.5 Å².